The minimum absolute atomic E-state index is 0.0477. The van der Waals surface area contributed by atoms with Gasteiger partial charge < -0.3 is 9.64 Å². The van der Waals surface area contributed by atoms with Crippen LogP contribution in [0.4, 0.5) is 27.8 Å². The zero-order chi connectivity index (χ0) is 22.9. The molecule has 1 fully saturated rings. The monoisotopic (exact) mass is 455 g/mol. The number of hydrogen-bond acceptors (Lipinski definition) is 5. The molecule has 0 N–H and O–H groups in total. The zero-order valence-corrected chi connectivity index (χ0v) is 17.3. The molecule has 1 unspecified atom stereocenters. The average Bonchev–Trinajstić information content (AvgIpc) is 3.15. The molecule has 1 aliphatic heterocycles. The number of piperidine rings is 1. The van der Waals surface area contributed by atoms with Gasteiger partial charge in [0.25, 0.3) is 6.43 Å². The second-order valence-corrected chi connectivity index (χ2v) is 7.82. The molecule has 1 aliphatic rings. The molecule has 1 aromatic carbocycles. The molecular formula is C21H22F5N5O. The fraction of sp³-hybridized carbons (Fsp3) is 0.476. The summed E-state index contributed by atoms with van der Waals surface area (Å²) in [5.41, 5.74) is -0.111. The molecule has 0 radical (unpaired) electrons. The van der Waals surface area contributed by atoms with Gasteiger partial charge in [0.05, 0.1) is 18.0 Å². The summed E-state index contributed by atoms with van der Waals surface area (Å²) in [5.74, 6) is 0.274. The van der Waals surface area contributed by atoms with Gasteiger partial charge in [-0.05, 0) is 31.9 Å². The second kappa shape index (κ2) is 8.87. The SMILES string of the molecule is CC(Oc1ccccc1C(F)(F)F)[C@@H]1CCCN(c2cnc3cnn(CC(F)F)c3n2)C1. The van der Waals surface area contributed by atoms with Crippen LogP contribution in [0, 0.1) is 5.92 Å². The highest BCUT2D eigenvalue weighted by Crippen LogP contribution is 2.37. The molecule has 172 valence electrons. The van der Waals surface area contributed by atoms with Gasteiger partial charge in [0.15, 0.2) is 5.65 Å². The Hall–Kier alpha value is -2.98. The van der Waals surface area contributed by atoms with E-state index in [1.165, 1.54) is 24.4 Å². The number of aromatic nitrogens is 4. The van der Waals surface area contributed by atoms with Crippen molar-refractivity contribution in [2.24, 2.45) is 5.92 Å². The lowest BCUT2D eigenvalue weighted by Gasteiger charge is -2.36. The third-order valence-electron chi connectivity index (χ3n) is 5.59. The number of rotatable bonds is 6. The summed E-state index contributed by atoms with van der Waals surface area (Å²) in [6.45, 7) is 2.35. The number of benzene rings is 1. The average molecular weight is 455 g/mol. The molecule has 2 aromatic heterocycles. The molecule has 11 heteroatoms. The van der Waals surface area contributed by atoms with Gasteiger partial charge in [0.1, 0.15) is 29.7 Å². The van der Waals surface area contributed by atoms with Crippen LogP contribution in [-0.2, 0) is 12.7 Å². The Labute approximate surface area is 181 Å². The summed E-state index contributed by atoms with van der Waals surface area (Å²) in [6, 6.07) is 5.17. The number of alkyl halides is 5. The molecule has 1 saturated heterocycles. The van der Waals surface area contributed by atoms with Gasteiger partial charge >= 0.3 is 6.18 Å². The molecule has 0 aliphatic carbocycles. The zero-order valence-electron chi connectivity index (χ0n) is 17.3. The molecule has 0 bridgehead atoms. The number of anilines is 1. The van der Waals surface area contributed by atoms with E-state index in [4.69, 9.17) is 4.74 Å². The maximum atomic E-state index is 13.3. The third-order valence-corrected chi connectivity index (χ3v) is 5.59. The van der Waals surface area contributed by atoms with Crippen molar-refractivity contribution in [3.8, 4) is 5.75 Å². The van der Waals surface area contributed by atoms with Crippen molar-refractivity contribution in [2.75, 3.05) is 18.0 Å². The Morgan fingerprint density at radius 1 is 1.19 bits per heavy atom. The molecule has 3 aromatic rings. The first-order valence-corrected chi connectivity index (χ1v) is 10.3. The smallest absolute Gasteiger partial charge is 0.419 e. The quantitative estimate of drug-likeness (QED) is 0.500. The Morgan fingerprint density at radius 2 is 1.97 bits per heavy atom. The van der Waals surface area contributed by atoms with E-state index in [-0.39, 0.29) is 17.3 Å². The molecule has 3 heterocycles. The first-order chi connectivity index (χ1) is 15.2. The predicted octanol–water partition coefficient (Wildman–Crippen LogP) is 4.79. The maximum Gasteiger partial charge on any atom is 0.419 e. The van der Waals surface area contributed by atoms with Crippen LogP contribution >= 0.6 is 0 Å². The van der Waals surface area contributed by atoms with Crippen molar-refractivity contribution in [1.82, 2.24) is 19.7 Å². The minimum Gasteiger partial charge on any atom is -0.490 e. The van der Waals surface area contributed by atoms with Gasteiger partial charge in [0.2, 0.25) is 0 Å². The lowest BCUT2D eigenvalue weighted by atomic mass is 9.93. The maximum absolute atomic E-state index is 13.3. The molecule has 0 saturated carbocycles. The number of para-hydroxylation sites is 1. The Kier molecular flexibility index (Phi) is 6.16. The van der Waals surface area contributed by atoms with E-state index < -0.39 is 30.8 Å². The summed E-state index contributed by atoms with van der Waals surface area (Å²) >= 11 is 0. The van der Waals surface area contributed by atoms with Crippen LogP contribution in [0.25, 0.3) is 11.2 Å². The highest BCUT2D eigenvalue weighted by atomic mass is 19.4. The van der Waals surface area contributed by atoms with Gasteiger partial charge in [0, 0.05) is 19.0 Å². The number of halogens is 5. The fourth-order valence-electron chi connectivity index (χ4n) is 3.96. The fourth-order valence-corrected chi connectivity index (χ4v) is 3.96. The van der Waals surface area contributed by atoms with Crippen molar-refractivity contribution in [1.29, 1.82) is 0 Å². The van der Waals surface area contributed by atoms with Crippen LogP contribution < -0.4 is 9.64 Å². The Bertz CT molecular complexity index is 1070. The van der Waals surface area contributed by atoms with E-state index in [2.05, 4.69) is 15.1 Å². The van der Waals surface area contributed by atoms with Crippen molar-refractivity contribution in [3.05, 3.63) is 42.2 Å². The van der Waals surface area contributed by atoms with Gasteiger partial charge in [-0.15, -0.1) is 0 Å². The van der Waals surface area contributed by atoms with E-state index in [0.29, 0.717) is 24.4 Å². The van der Waals surface area contributed by atoms with Crippen molar-refractivity contribution in [3.63, 3.8) is 0 Å². The van der Waals surface area contributed by atoms with Gasteiger partial charge in [-0.1, -0.05) is 12.1 Å². The minimum atomic E-state index is -4.50. The van der Waals surface area contributed by atoms with Crippen LogP contribution in [0.1, 0.15) is 25.3 Å². The molecular weight excluding hydrogens is 433 g/mol. The molecule has 6 nitrogen and oxygen atoms in total. The summed E-state index contributed by atoms with van der Waals surface area (Å²) < 4.78 is 72.3. The summed E-state index contributed by atoms with van der Waals surface area (Å²) in [6.07, 6.45) is -3.02. The molecule has 0 spiro atoms. The van der Waals surface area contributed by atoms with Crippen molar-refractivity contribution >= 4 is 17.0 Å². The van der Waals surface area contributed by atoms with Gasteiger partial charge in [-0.3, -0.25) is 0 Å². The van der Waals surface area contributed by atoms with Crippen LogP contribution in [0.3, 0.4) is 0 Å². The summed E-state index contributed by atoms with van der Waals surface area (Å²) in [7, 11) is 0. The molecule has 4 rings (SSSR count). The standard InChI is InChI=1S/C21H22F5N5O/c1-13(32-17-7-3-2-6-15(17)21(24,25)26)14-5-4-8-30(11-14)19-10-27-16-9-28-31(12-18(22)23)20(16)29-19/h2-3,6-7,9-10,13-14,18H,4-5,8,11-12H2,1H3/t13?,14-/m1/s1. The lowest BCUT2D eigenvalue weighted by Crippen LogP contribution is -2.41. The number of nitrogens with zero attached hydrogens (tertiary/aromatic N) is 5. The van der Waals surface area contributed by atoms with E-state index >= 15 is 0 Å². The highest BCUT2D eigenvalue weighted by molar-refractivity contribution is 5.71. The van der Waals surface area contributed by atoms with Gasteiger partial charge in [-0.25, -0.2) is 23.4 Å². The largest absolute Gasteiger partial charge is 0.490 e. The van der Waals surface area contributed by atoms with Crippen LogP contribution in [-0.4, -0.2) is 45.4 Å². The molecule has 2 atom stereocenters. The summed E-state index contributed by atoms with van der Waals surface area (Å²) in [5, 5.41) is 3.92. The predicted molar refractivity (Wildman–Crippen MR) is 108 cm³/mol. The highest BCUT2D eigenvalue weighted by Gasteiger charge is 2.35. The summed E-state index contributed by atoms with van der Waals surface area (Å²) in [4.78, 5) is 10.7. The first kappa shape index (κ1) is 22.2. The van der Waals surface area contributed by atoms with E-state index in [1.807, 2.05) is 4.90 Å². The number of ether oxygens (including phenoxy) is 1. The van der Waals surface area contributed by atoms with Crippen molar-refractivity contribution in [2.45, 2.75) is 45.0 Å². The van der Waals surface area contributed by atoms with Gasteiger partial charge in [-0.2, -0.15) is 18.3 Å². The van der Waals surface area contributed by atoms with Crippen LogP contribution in [0.15, 0.2) is 36.7 Å². The normalized spacial score (nSPS) is 18.3. The van der Waals surface area contributed by atoms with Crippen LogP contribution in [0.2, 0.25) is 0 Å². The van der Waals surface area contributed by atoms with E-state index in [9.17, 15) is 22.0 Å². The second-order valence-electron chi connectivity index (χ2n) is 7.82. The number of fused-ring (bicyclic) bond motifs is 1. The first-order valence-electron chi connectivity index (χ1n) is 10.3. The molecule has 32 heavy (non-hydrogen) atoms. The number of hydrogen-bond donors (Lipinski definition) is 0. The lowest BCUT2D eigenvalue weighted by molar-refractivity contribution is -0.139. The third kappa shape index (κ3) is 4.76. The topological polar surface area (TPSA) is 56.1 Å². The Balaban J connectivity index is 1.50. The van der Waals surface area contributed by atoms with E-state index in [0.717, 1.165) is 23.6 Å². The van der Waals surface area contributed by atoms with Crippen LogP contribution in [0.5, 0.6) is 5.75 Å². The van der Waals surface area contributed by atoms with E-state index in [1.54, 1.807) is 13.1 Å². The van der Waals surface area contributed by atoms with Crippen molar-refractivity contribution < 1.29 is 26.7 Å². The molecule has 0 amide bonds. The Morgan fingerprint density at radius 3 is 2.72 bits per heavy atom.